The molecule has 1 aromatic rings. The summed E-state index contributed by atoms with van der Waals surface area (Å²) in [7, 11) is 0. The molecule has 2 aliphatic rings. The molecule has 26 heavy (non-hydrogen) atoms. The van der Waals surface area contributed by atoms with Crippen molar-refractivity contribution < 1.29 is 14.6 Å². The molecule has 0 spiro atoms. The van der Waals surface area contributed by atoms with Crippen LogP contribution in [-0.4, -0.2) is 33.8 Å². The first kappa shape index (κ1) is 19.2. The minimum Gasteiger partial charge on any atom is -0.445 e. The van der Waals surface area contributed by atoms with Crippen molar-refractivity contribution in [2.75, 3.05) is 0 Å². The van der Waals surface area contributed by atoms with Gasteiger partial charge in [-0.15, -0.1) is 0 Å². The van der Waals surface area contributed by atoms with Gasteiger partial charge in [-0.1, -0.05) is 69.4 Å². The highest BCUT2D eigenvalue weighted by Crippen LogP contribution is 2.43. The van der Waals surface area contributed by atoms with Crippen LogP contribution in [0.25, 0.3) is 0 Å². The lowest BCUT2D eigenvalue weighted by Crippen LogP contribution is -2.53. The van der Waals surface area contributed by atoms with Crippen LogP contribution in [0, 0.1) is 0 Å². The van der Waals surface area contributed by atoms with Crippen LogP contribution in [0.5, 0.6) is 0 Å². The Hall–Kier alpha value is -1.55. The standard InChI is InChI=1S/C22H33NO3/c1-2-3-4-5-9-14-22(25)15-19-12-13-20(16-22)23(19)21(24)26-17-18-10-7-6-8-11-18/h6-8,10-11,19-20,25H,2-5,9,12-17H2,1H3. The number of unbranched alkanes of at least 4 members (excludes halogenated alkanes) is 4. The van der Waals surface area contributed by atoms with Crippen molar-refractivity contribution >= 4 is 6.09 Å². The Morgan fingerprint density at radius 3 is 2.42 bits per heavy atom. The van der Waals surface area contributed by atoms with E-state index in [-0.39, 0.29) is 18.2 Å². The van der Waals surface area contributed by atoms with Crippen LogP contribution in [0.1, 0.15) is 76.7 Å². The number of benzene rings is 1. The molecule has 0 aliphatic carbocycles. The van der Waals surface area contributed by atoms with E-state index in [1.54, 1.807) is 0 Å². The summed E-state index contributed by atoms with van der Waals surface area (Å²) in [5.41, 5.74) is 0.419. The van der Waals surface area contributed by atoms with Crippen LogP contribution >= 0.6 is 0 Å². The van der Waals surface area contributed by atoms with E-state index in [9.17, 15) is 9.90 Å². The number of fused-ring (bicyclic) bond motifs is 2. The van der Waals surface area contributed by atoms with E-state index in [0.717, 1.165) is 31.2 Å². The summed E-state index contributed by atoms with van der Waals surface area (Å²) >= 11 is 0. The molecule has 2 atom stereocenters. The second-order valence-corrected chi connectivity index (χ2v) is 8.13. The van der Waals surface area contributed by atoms with Gasteiger partial charge < -0.3 is 14.7 Å². The Bertz CT molecular complexity index is 560. The topological polar surface area (TPSA) is 49.8 Å². The lowest BCUT2D eigenvalue weighted by atomic mass is 9.82. The maximum absolute atomic E-state index is 12.6. The van der Waals surface area contributed by atoms with Gasteiger partial charge >= 0.3 is 6.09 Å². The number of piperidine rings is 1. The highest BCUT2D eigenvalue weighted by atomic mass is 16.6. The molecule has 0 aromatic heterocycles. The summed E-state index contributed by atoms with van der Waals surface area (Å²) in [4.78, 5) is 14.5. The smallest absolute Gasteiger partial charge is 0.410 e. The molecule has 4 nitrogen and oxygen atoms in total. The Morgan fingerprint density at radius 1 is 1.12 bits per heavy atom. The van der Waals surface area contributed by atoms with Gasteiger partial charge in [-0.3, -0.25) is 0 Å². The van der Waals surface area contributed by atoms with E-state index in [4.69, 9.17) is 4.74 Å². The van der Waals surface area contributed by atoms with Crippen molar-refractivity contribution in [3.8, 4) is 0 Å². The minimum absolute atomic E-state index is 0.137. The van der Waals surface area contributed by atoms with Crippen molar-refractivity contribution in [3.63, 3.8) is 0 Å². The zero-order valence-corrected chi connectivity index (χ0v) is 16.0. The van der Waals surface area contributed by atoms with Gasteiger partial charge in [-0.05, 0) is 37.7 Å². The summed E-state index contributed by atoms with van der Waals surface area (Å²) < 4.78 is 5.55. The quantitative estimate of drug-likeness (QED) is 0.661. The molecular weight excluding hydrogens is 326 g/mol. The predicted molar refractivity (Wildman–Crippen MR) is 103 cm³/mol. The number of nitrogens with zero attached hydrogens (tertiary/aromatic N) is 1. The molecule has 2 saturated heterocycles. The molecular formula is C22H33NO3. The number of ether oxygens (including phenoxy) is 1. The molecule has 2 aliphatic heterocycles. The molecule has 4 heteroatoms. The normalized spacial score (nSPS) is 27.5. The number of hydrogen-bond donors (Lipinski definition) is 1. The lowest BCUT2D eigenvalue weighted by Gasteiger charge is -2.43. The Balaban J connectivity index is 1.49. The third-order valence-electron chi connectivity index (χ3n) is 6.01. The van der Waals surface area contributed by atoms with Gasteiger partial charge in [0, 0.05) is 12.1 Å². The van der Waals surface area contributed by atoms with E-state index in [0.29, 0.717) is 19.4 Å². The van der Waals surface area contributed by atoms with Gasteiger partial charge in [-0.2, -0.15) is 0 Å². The fraction of sp³-hybridized carbons (Fsp3) is 0.682. The molecule has 0 saturated carbocycles. The third-order valence-corrected chi connectivity index (χ3v) is 6.01. The number of amides is 1. The Morgan fingerprint density at radius 2 is 1.77 bits per heavy atom. The first-order chi connectivity index (χ1) is 12.6. The van der Waals surface area contributed by atoms with Crippen molar-refractivity contribution in [3.05, 3.63) is 35.9 Å². The number of aliphatic hydroxyl groups is 1. The zero-order valence-electron chi connectivity index (χ0n) is 16.0. The third kappa shape index (κ3) is 4.79. The van der Waals surface area contributed by atoms with E-state index in [1.165, 1.54) is 25.7 Å². The van der Waals surface area contributed by atoms with Crippen molar-refractivity contribution in [1.29, 1.82) is 0 Å². The molecule has 2 bridgehead atoms. The van der Waals surface area contributed by atoms with Crippen LogP contribution < -0.4 is 0 Å². The average molecular weight is 360 g/mol. The van der Waals surface area contributed by atoms with Crippen LogP contribution in [0.2, 0.25) is 0 Å². The predicted octanol–water partition coefficient (Wildman–Crippen LogP) is 5.04. The van der Waals surface area contributed by atoms with E-state index in [1.807, 2.05) is 35.2 Å². The van der Waals surface area contributed by atoms with Gasteiger partial charge in [0.2, 0.25) is 0 Å². The van der Waals surface area contributed by atoms with Gasteiger partial charge in [0.05, 0.1) is 5.60 Å². The average Bonchev–Trinajstić information content (AvgIpc) is 2.93. The van der Waals surface area contributed by atoms with E-state index in [2.05, 4.69) is 6.92 Å². The summed E-state index contributed by atoms with van der Waals surface area (Å²) in [6.07, 6.45) is 10.1. The molecule has 3 rings (SSSR count). The molecule has 1 aromatic carbocycles. The van der Waals surface area contributed by atoms with Crippen LogP contribution in [0.4, 0.5) is 4.79 Å². The first-order valence-corrected chi connectivity index (χ1v) is 10.3. The van der Waals surface area contributed by atoms with Gasteiger partial charge in [-0.25, -0.2) is 4.79 Å². The Labute approximate surface area is 157 Å². The fourth-order valence-electron chi connectivity index (χ4n) is 4.68. The second-order valence-electron chi connectivity index (χ2n) is 8.13. The first-order valence-electron chi connectivity index (χ1n) is 10.3. The minimum atomic E-state index is -0.589. The number of carbonyl (C=O) groups is 1. The van der Waals surface area contributed by atoms with Gasteiger partial charge in [0.1, 0.15) is 6.61 Å². The Kier molecular flexibility index (Phi) is 6.58. The van der Waals surface area contributed by atoms with Gasteiger partial charge in [0.25, 0.3) is 0 Å². The summed E-state index contributed by atoms with van der Waals surface area (Å²) in [5, 5.41) is 11.0. The maximum Gasteiger partial charge on any atom is 0.410 e. The van der Waals surface area contributed by atoms with E-state index >= 15 is 0 Å². The summed E-state index contributed by atoms with van der Waals surface area (Å²) in [5.74, 6) is 0. The lowest BCUT2D eigenvalue weighted by molar-refractivity contribution is -0.0554. The maximum atomic E-state index is 12.6. The highest BCUT2D eigenvalue weighted by Gasteiger charge is 2.49. The molecule has 1 N–H and O–H groups in total. The van der Waals surface area contributed by atoms with E-state index < -0.39 is 5.60 Å². The van der Waals surface area contributed by atoms with Crippen molar-refractivity contribution in [1.82, 2.24) is 4.90 Å². The van der Waals surface area contributed by atoms with Crippen molar-refractivity contribution in [2.45, 2.75) is 95.4 Å². The monoisotopic (exact) mass is 359 g/mol. The van der Waals surface area contributed by atoms with Crippen molar-refractivity contribution in [2.24, 2.45) is 0 Å². The summed E-state index contributed by atoms with van der Waals surface area (Å²) in [6, 6.07) is 10.1. The number of rotatable bonds is 8. The fourth-order valence-corrected chi connectivity index (χ4v) is 4.68. The van der Waals surface area contributed by atoms with Gasteiger partial charge in [0.15, 0.2) is 0 Å². The zero-order chi connectivity index (χ0) is 18.4. The highest BCUT2D eigenvalue weighted by molar-refractivity contribution is 5.69. The molecule has 2 unspecified atom stereocenters. The van der Waals surface area contributed by atoms with Crippen LogP contribution in [0.15, 0.2) is 30.3 Å². The number of hydrogen-bond acceptors (Lipinski definition) is 3. The SMILES string of the molecule is CCCCCCCC1(O)CC2CCC(C1)N2C(=O)OCc1ccccc1. The van der Waals surface area contributed by atoms with Crippen LogP contribution in [0.3, 0.4) is 0 Å². The molecule has 0 radical (unpaired) electrons. The van der Waals surface area contributed by atoms with Crippen LogP contribution in [-0.2, 0) is 11.3 Å². The summed E-state index contributed by atoms with van der Waals surface area (Å²) in [6.45, 7) is 2.54. The largest absolute Gasteiger partial charge is 0.445 e. The second kappa shape index (κ2) is 8.90. The molecule has 1 amide bonds. The molecule has 2 heterocycles. The molecule has 2 fully saturated rings. The molecule has 144 valence electrons. The number of carbonyl (C=O) groups excluding carboxylic acids is 1.